The number of hydrogen-bond donors (Lipinski definition) is 2. The first kappa shape index (κ1) is 15.4. The molecule has 1 saturated heterocycles. The Morgan fingerprint density at radius 2 is 2.10 bits per heavy atom. The van der Waals surface area contributed by atoms with Crippen LogP contribution in [-0.4, -0.2) is 42.5 Å². The molecule has 0 aliphatic carbocycles. The van der Waals surface area contributed by atoms with Crippen LogP contribution in [0.3, 0.4) is 0 Å². The average molecular weight is 290 g/mol. The maximum atomic E-state index is 13.8. The number of amides is 1. The molecule has 6 heteroatoms. The van der Waals surface area contributed by atoms with Crippen molar-refractivity contribution in [2.75, 3.05) is 31.5 Å². The summed E-state index contributed by atoms with van der Waals surface area (Å²) >= 11 is 0. The summed E-state index contributed by atoms with van der Waals surface area (Å²) in [5, 5.41) is 14.6. The second-order valence-corrected chi connectivity index (χ2v) is 5.56. The molecule has 0 aromatic heterocycles. The molecule has 1 heterocycles. The molecule has 0 unspecified atom stereocenters. The molecule has 0 saturated carbocycles. The maximum absolute atomic E-state index is 13.8. The quantitative estimate of drug-likeness (QED) is 0.881. The minimum atomic E-state index is -0.720. The van der Waals surface area contributed by atoms with E-state index < -0.39 is 11.4 Å². The number of carbonyl (C=O) groups is 1. The molecule has 2 N–H and O–H groups in total. The van der Waals surface area contributed by atoms with E-state index in [1.807, 2.05) is 19.9 Å². The van der Waals surface area contributed by atoms with Crippen LogP contribution in [0.25, 0.3) is 0 Å². The highest BCUT2D eigenvalue weighted by Crippen LogP contribution is 2.21. The highest BCUT2D eigenvalue weighted by atomic mass is 19.1. The predicted molar refractivity (Wildman–Crippen MR) is 78.3 cm³/mol. The summed E-state index contributed by atoms with van der Waals surface area (Å²) in [6.45, 7) is 6.88. The number of halogens is 1. The molecule has 0 bridgehead atoms. The van der Waals surface area contributed by atoms with Gasteiger partial charge in [-0.25, -0.2) is 4.39 Å². The average Bonchev–Trinajstić information content (AvgIpc) is 2.50. The lowest BCUT2D eigenvalue weighted by molar-refractivity contribution is -0.126. The van der Waals surface area contributed by atoms with Crippen molar-refractivity contribution in [1.29, 1.82) is 5.26 Å². The summed E-state index contributed by atoms with van der Waals surface area (Å²) < 4.78 is 13.8. The number of benzene rings is 1. The van der Waals surface area contributed by atoms with Gasteiger partial charge in [-0.3, -0.25) is 9.69 Å². The van der Waals surface area contributed by atoms with Gasteiger partial charge in [0.1, 0.15) is 5.82 Å². The first-order valence-electron chi connectivity index (χ1n) is 6.92. The van der Waals surface area contributed by atoms with Crippen LogP contribution in [-0.2, 0) is 4.79 Å². The fourth-order valence-electron chi connectivity index (χ4n) is 2.33. The molecule has 21 heavy (non-hydrogen) atoms. The first-order valence-corrected chi connectivity index (χ1v) is 6.92. The lowest BCUT2D eigenvalue weighted by Gasteiger charge is -2.39. The van der Waals surface area contributed by atoms with E-state index >= 15 is 0 Å². The van der Waals surface area contributed by atoms with Gasteiger partial charge < -0.3 is 10.6 Å². The summed E-state index contributed by atoms with van der Waals surface area (Å²) in [6, 6.07) is 5.88. The second kappa shape index (κ2) is 6.20. The van der Waals surface area contributed by atoms with E-state index in [9.17, 15) is 9.18 Å². The van der Waals surface area contributed by atoms with Gasteiger partial charge in [-0.1, -0.05) is 0 Å². The monoisotopic (exact) mass is 290 g/mol. The molecule has 1 fully saturated rings. The minimum Gasteiger partial charge on any atom is -0.322 e. The van der Waals surface area contributed by atoms with Crippen LogP contribution < -0.4 is 10.6 Å². The molecular weight excluding hydrogens is 271 g/mol. The van der Waals surface area contributed by atoms with Crippen LogP contribution in [0.5, 0.6) is 0 Å². The van der Waals surface area contributed by atoms with Gasteiger partial charge in [0, 0.05) is 26.2 Å². The van der Waals surface area contributed by atoms with Gasteiger partial charge in [-0.2, -0.15) is 5.26 Å². The highest BCUT2D eigenvalue weighted by molar-refractivity contribution is 5.97. The summed E-state index contributed by atoms with van der Waals surface area (Å²) in [5.74, 6) is -0.855. The van der Waals surface area contributed by atoms with Crippen LogP contribution in [0.4, 0.5) is 10.1 Å². The Morgan fingerprint density at radius 3 is 2.67 bits per heavy atom. The summed E-state index contributed by atoms with van der Waals surface area (Å²) in [7, 11) is 0. The van der Waals surface area contributed by atoms with Gasteiger partial charge in [-0.05, 0) is 32.0 Å². The van der Waals surface area contributed by atoms with Gasteiger partial charge in [0.25, 0.3) is 0 Å². The molecule has 1 aromatic rings. The second-order valence-electron chi connectivity index (χ2n) is 5.56. The molecule has 0 atom stereocenters. The Balaban J connectivity index is 2.11. The van der Waals surface area contributed by atoms with Gasteiger partial charge in [0.2, 0.25) is 5.91 Å². The minimum absolute atomic E-state index is 0.0993. The van der Waals surface area contributed by atoms with Crippen molar-refractivity contribution in [3.8, 4) is 6.07 Å². The third-order valence-electron chi connectivity index (χ3n) is 3.81. The lowest BCUT2D eigenvalue weighted by Crippen LogP contribution is -2.58. The molecule has 0 spiro atoms. The van der Waals surface area contributed by atoms with Crippen LogP contribution in [0.1, 0.15) is 19.4 Å². The number of nitrogens with zero attached hydrogens (tertiary/aromatic N) is 2. The molecular formula is C15H19FN4O. The fraction of sp³-hybridized carbons (Fsp3) is 0.467. The van der Waals surface area contributed by atoms with Crippen LogP contribution in [0.2, 0.25) is 0 Å². The highest BCUT2D eigenvalue weighted by Gasteiger charge is 2.35. The Labute approximate surface area is 123 Å². The van der Waals surface area contributed by atoms with Gasteiger partial charge >= 0.3 is 0 Å². The summed E-state index contributed by atoms with van der Waals surface area (Å²) in [6.07, 6.45) is 0. The zero-order chi connectivity index (χ0) is 15.5. The number of carbonyl (C=O) groups excluding carboxylic acids is 1. The SMILES string of the molecule is CC(C)(C(=O)Nc1ccc(C#N)cc1F)N1CCNCC1. The van der Waals surface area contributed by atoms with E-state index in [0.717, 1.165) is 32.2 Å². The molecule has 1 aliphatic rings. The van der Waals surface area contributed by atoms with E-state index in [1.54, 1.807) is 0 Å². The van der Waals surface area contributed by atoms with E-state index in [4.69, 9.17) is 5.26 Å². The molecule has 1 amide bonds. The summed E-state index contributed by atoms with van der Waals surface area (Å²) in [5.41, 5.74) is -0.392. The zero-order valence-corrected chi connectivity index (χ0v) is 12.2. The maximum Gasteiger partial charge on any atom is 0.244 e. The Kier molecular flexibility index (Phi) is 4.56. The number of nitrogens with one attached hydrogen (secondary N) is 2. The van der Waals surface area contributed by atoms with Crippen molar-refractivity contribution in [2.45, 2.75) is 19.4 Å². The molecule has 2 rings (SSSR count). The molecule has 5 nitrogen and oxygen atoms in total. The number of rotatable bonds is 3. The number of nitriles is 1. The predicted octanol–water partition coefficient (Wildman–Crippen LogP) is 1.32. The van der Waals surface area contributed by atoms with Crippen molar-refractivity contribution in [2.24, 2.45) is 0 Å². The largest absolute Gasteiger partial charge is 0.322 e. The van der Waals surface area contributed by atoms with E-state index in [1.165, 1.54) is 12.1 Å². The van der Waals surface area contributed by atoms with Crippen molar-refractivity contribution < 1.29 is 9.18 Å². The molecule has 0 radical (unpaired) electrons. The van der Waals surface area contributed by atoms with Gasteiger partial charge in [0.15, 0.2) is 0 Å². The zero-order valence-electron chi connectivity index (χ0n) is 12.2. The standard InChI is InChI=1S/C15H19FN4O/c1-15(2,20-7-5-18-6-8-20)14(21)19-13-4-3-11(10-17)9-12(13)16/h3-4,9,18H,5-8H2,1-2H3,(H,19,21). The molecule has 1 aromatic carbocycles. The van der Waals surface area contributed by atoms with Crippen LogP contribution in [0.15, 0.2) is 18.2 Å². The van der Waals surface area contributed by atoms with E-state index in [-0.39, 0.29) is 17.2 Å². The van der Waals surface area contributed by atoms with E-state index in [2.05, 4.69) is 15.5 Å². The third kappa shape index (κ3) is 3.38. The fourth-order valence-corrected chi connectivity index (χ4v) is 2.33. The first-order chi connectivity index (χ1) is 9.95. The Bertz CT molecular complexity index is 574. The van der Waals surface area contributed by atoms with Crippen molar-refractivity contribution in [3.05, 3.63) is 29.6 Å². The Morgan fingerprint density at radius 1 is 1.43 bits per heavy atom. The van der Waals surface area contributed by atoms with Gasteiger partial charge in [0.05, 0.1) is 22.9 Å². The van der Waals surface area contributed by atoms with E-state index in [0.29, 0.717) is 0 Å². The van der Waals surface area contributed by atoms with Crippen LogP contribution >= 0.6 is 0 Å². The number of piperazine rings is 1. The van der Waals surface area contributed by atoms with Crippen molar-refractivity contribution in [1.82, 2.24) is 10.2 Å². The van der Waals surface area contributed by atoms with Crippen LogP contribution in [0, 0.1) is 17.1 Å². The summed E-state index contributed by atoms with van der Waals surface area (Å²) in [4.78, 5) is 14.5. The smallest absolute Gasteiger partial charge is 0.244 e. The van der Waals surface area contributed by atoms with Crippen molar-refractivity contribution in [3.63, 3.8) is 0 Å². The Hall–Kier alpha value is -1.97. The topological polar surface area (TPSA) is 68.2 Å². The molecule has 1 aliphatic heterocycles. The lowest BCUT2D eigenvalue weighted by atomic mass is 10.00. The van der Waals surface area contributed by atoms with Gasteiger partial charge in [-0.15, -0.1) is 0 Å². The third-order valence-corrected chi connectivity index (χ3v) is 3.81. The molecule has 112 valence electrons. The number of hydrogen-bond acceptors (Lipinski definition) is 4. The normalized spacial score (nSPS) is 16.3. The number of anilines is 1. The van der Waals surface area contributed by atoms with Crippen molar-refractivity contribution >= 4 is 11.6 Å².